The molecule has 1 aliphatic rings. The Hall–Kier alpha value is -1.46. The van der Waals surface area contributed by atoms with Crippen LogP contribution < -0.4 is 15.8 Å². The molecule has 5 nitrogen and oxygen atoms in total. The van der Waals surface area contributed by atoms with E-state index in [4.69, 9.17) is 15.2 Å². The van der Waals surface area contributed by atoms with Gasteiger partial charge < -0.3 is 25.6 Å². The van der Waals surface area contributed by atoms with Crippen molar-refractivity contribution in [2.75, 3.05) is 37.5 Å². The van der Waals surface area contributed by atoms with Gasteiger partial charge in [-0.05, 0) is 31.9 Å². The molecule has 1 saturated heterocycles. The summed E-state index contributed by atoms with van der Waals surface area (Å²) in [6.45, 7) is 3.92. The minimum Gasteiger partial charge on any atom is -0.492 e. The van der Waals surface area contributed by atoms with Gasteiger partial charge in [0.05, 0.1) is 24.4 Å². The van der Waals surface area contributed by atoms with Crippen LogP contribution in [0.15, 0.2) is 18.2 Å². The molecular formula is C14H22N2O3. The van der Waals surface area contributed by atoms with Crippen molar-refractivity contribution < 1.29 is 14.6 Å². The predicted octanol–water partition coefficient (Wildman–Crippen LogP) is 1.62. The first kappa shape index (κ1) is 14.0. The van der Waals surface area contributed by atoms with E-state index in [0.717, 1.165) is 18.5 Å². The van der Waals surface area contributed by atoms with Crippen LogP contribution in [-0.4, -0.2) is 37.1 Å². The van der Waals surface area contributed by atoms with Crippen LogP contribution in [0.25, 0.3) is 0 Å². The van der Waals surface area contributed by atoms with Crippen molar-refractivity contribution >= 4 is 11.4 Å². The molecule has 1 fully saturated rings. The van der Waals surface area contributed by atoms with Gasteiger partial charge in [0.2, 0.25) is 0 Å². The van der Waals surface area contributed by atoms with Crippen molar-refractivity contribution in [3.05, 3.63) is 18.2 Å². The lowest BCUT2D eigenvalue weighted by molar-refractivity contribution is 0.0380. The van der Waals surface area contributed by atoms with Gasteiger partial charge >= 0.3 is 0 Å². The van der Waals surface area contributed by atoms with E-state index in [1.165, 1.54) is 0 Å². The lowest BCUT2D eigenvalue weighted by Gasteiger charge is -2.37. The summed E-state index contributed by atoms with van der Waals surface area (Å²) in [4.78, 5) is 0. The van der Waals surface area contributed by atoms with Crippen molar-refractivity contribution in [2.45, 2.75) is 25.3 Å². The molecule has 0 amide bonds. The van der Waals surface area contributed by atoms with Gasteiger partial charge in [-0.15, -0.1) is 0 Å². The number of hydrogen-bond donors (Lipinski definition) is 3. The second kappa shape index (κ2) is 6.12. The van der Waals surface area contributed by atoms with Crippen molar-refractivity contribution in [1.82, 2.24) is 0 Å². The number of rotatable bonds is 5. The van der Waals surface area contributed by atoms with Crippen molar-refractivity contribution in [3.63, 3.8) is 0 Å². The summed E-state index contributed by atoms with van der Waals surface area (Å²) in [5.74, 6) is 0.674. The topological polar surface area (TPSA) is 76.7 Å². The summed E-state index contributed by atoms with van der Waals surface area (Å²) in [6, 6.07) is 5.61. The van der Waals surface area contributed by atoms with E-state index in [9.17, 15) is 5.11 Å². The Morgan fingerprint density at radius 1 is 1.42 bits per heavy atom. The molecule has 1 aromatic carbocycles. The highest BCUT2D eigenvalue weighted by Gasteiger charge is 2.31. The molecule has 0 bridgehead atoms. The summed E-state index contributed by atoms with van der Waals surface area (Å²) in [5.41, 5.74) is 7.08. The smallest absolute Gasteiger partial charge is 0.144 e. The normalized spacial score (nSPS) is 18.0. The first-order valence-electron chi connectivity index (χ1n) is 6.68. The molecule has 0 aliphatic carbocycles. The molecule has 4 N–H and O–H groups in total. The predicted molar refractivity (Wildman–Crippen MR) is 75.5 cm³/mol. The molecule has 0 radical (unpaired) electrons. The van der Waals surface area contributed by atoms with E-state index in [-0.39, 0.29) is 12.1 Å². The van der Waals surface area contributed by atoms with Gasteiger partial charge in [-0.1, -0.05) is 0 Å². The average molecular weight is 266 g/mol. The summed E-state index contributed by atoms with van der Waals surface area (Å²) in [5, 5.41) is 13.1. The highest BCUT2D eigenvalue weighted by atomic mass is 16.5. The first-order valence-corrected chi connectivity index (χ1v) is 6.68. The third-order valence-electron chi connectivity index (χ3n) is 3.48. The van der Waals surface area contributed by atoms with E-state index >= 15 is 0 Å². The van der Waals surface area contributed by atoms with Crippen LogP contribution in [0.4, 0.5) is 11.4 Å². The van der Waals surface area contributed by atoms with Crippen LogP contribution in [0, 0.1) is 0 Å². The summed E-state index contributed by atoms with van der Waals surface area (Å²) in [7, 11) is 0. The Labute approximate surface area is 113 Å². The Kier molecular flexibility index (Phi) is 4.50. The fraction of sp³-hybridized carbons (Fsp3) is 0.571. The number of nitrogens with one attached hydrogen (secondary N) is 1. The summed E-state index contributed by atoms with van der Waals surface area (Å²) < 4.78 is 10.8. The minimum absolute atomic E-state index is 0.0880. The van der Waals surface area contributed by atoms with Crippen molar-refractivity contribution in [2.24, 2.45) is 0 Å². The number of ether oxygens (including phenoxy) is 2. The maximum Gasteiger partial charge on any atom is 0.144 e. The zero-order chi connectivity index (χ0) is 13.7. The molecule has 2 rings (SSSR count). The second-order valence-corrected chi connectivity index (χ2v) is 4.86. The van der Waals surface area contributed by atoms with Crippen LogP contribution >= 0.6 is 0 Å². The molecule has 5 heteroatoms. The molecule has 1 heterocycles. The molecule has 106 valence electrons. The molecule has 0 atom stereocenters. The number of aliphatic hydroxyl groups excluding tert-OH is 1. The Morgan fingerprint density at radius 2 is 2.16 bits per heavy atom. The molecule has 19 heavy (non-hydrogen) atoms. The van der Waals surface area contributed by atoms with Gasteiger partial charge in [-0.2, -0.15) is 0 Å². The van der Waals surface area contributed by atoms with E-state index in [0.29, 0.717) is 31.3 Å². The molecule has 0 saturated carbocycles. The first-order chi connectivity index (χ1) is 9.19. The van der Waals surface area contributed by atoms with E-state index in [2.05, 4.69) is 5.32 Å². The van der Waals surface area contributed by atoms with Gasteiger partial charge in [-0.3, -0.25) is 0 Å². The summed E-state index contributed by atoms with van der Waals surface area (Å²) in [6.07, 6.45) is 1.58. The van der Waals surface area contributed by atoms with E-state index in [1.807, 2.05) is 25.1 Å². The summed E-state index contributed by atoms with van der Waals surface area (Å²) >= 11 is 0. The number of aliphatic hydroxyl groups is 1. The third-order valence-corrected chi connectivity index (χ3v) is 3.48. The Morgan fingerprint density at radius 3 is 2.79 bits per heavy atom. The minimum atomic E-state index is -0.308. The van der Waals surface area contributed by atoms with Crippen molar-refractivity contribution in [1.29, 1.82) is 0 Å². The standard InChI is InChI=1S/C14H22N2O3/c1-2-19-13-9-11(3-4-12(13)15)16-14(10-17)5-7-18-8-6-14/h3-4,9,16-17H,2,5-8,10,15H2,1H3. The highest BCUT2D eigenvalue weighted by Crippen LogP contribution is 2.30. The fourth-order valence-corrected chi connectivity index (χ4v) is 2.28. The largest absolute Gasteiger partial charge is 0.492 e. The monoisotopic (exact) mass is 266 g/mol. The lowest BCUT2D eigenvalue weighted by Crippen LogP contribution is -2.46. The molecule has 1 aromatic rings. The number of anilines is 2. The van der Waals surface area contributed by atoms with Gasteiger partial charge in [0.1, 0.15) is 5.75 Å². The van der Waals surface area contributed by atoms with Crippen LogP contribution in [-0.2, 0) is 4.74 Å². The van der Waals surface area contributed by atoms with E-state index < -0.39 is 0 Å². The zero-order valence-electron chi connectivity index (χ0n) is 11.3. The maximum atomic E-state index is 9.66. The van der Waals surface area contributed by atoms with Gasteiger partial charge in [0.15, 0.2) is 0 Å². The number of nitrogens with two attached hydrogens (primary N) is 1. The second-order valence-electron chi connectivity index (χ2n) is 4.86. The molecular weight excluding hydrogens is 244 g/mol. The van der Waals surface area contributed by atoms with Crippen LogP contribution in [0.2, 0.25) is 0 Å². The number of benzene rings is 1. The molecule has 1 aliphatic heterocycles. The maximum absolute atomic E-state index is 9.66. The quantitative estimate of drug-likeness (QED) is 0.706. The fourth-order valence-electron chi connectivity index (χ4n) is 2.28. The van der Waals surface area contributed by atoms with Crippen LogP contribution in [0.1, 0.15) is 19.8 Å². The number of nitrogen functional groups attached to an aromatic ring is 1. The van der Waals surface area contributed by atoms with Crippen LogP contribution in [0.5, 0.6) is 5.75 Å². The lowest BCUT2D eigenvalue weighted by atomic mass is 9.90. The number of hydrogen-bond acceptors (Lipinski definition) is 5. The Balaban J connectivity index is 2.15. The van der Waals surface area contributed by atoms with Gasteiger partial charge in [0, 0.05) is 25.0 Å². The zero-order valence-corrected chi connectivity index (χ0v) is 11.3. The third kappa shape index (κ3) is 3.30. The average Bonchev–Trinajstić information content (AvgIpc) is 2.44. The van der Waals surface area contributed by atoms with Gasteiger partial charge in [0.25, 0.3) is 0 Å². The molecule has 0 aromatic heterocycles. The highest BCUT2D eigenvalue weighted by molar-refractivity contribution is 5.62. The molecule has 0 unspecified atom stereocenters. The van der Waals surface area contributed by atoms with Crippen LogP contribution in [0.3, 0.4) is 0 Å². The van der Waals surface area contributed by atoms with Crippen molar-refractivity contribution in [3.8, 4) is 5.75 Å². The molecule has 0 spiro atoms. The van der Waals surface area contributed by atoms with Gasteiger partial charge in [-0.25, -0.2) is 0 Å². The SMILES string of the molecule is CCOc1cc(NC2(CO)CCOCC2)ccc1N. The van der Waals surface area contributed by atoms with E-state index in [1.54, 1.807) is 0 Å². The Bertz CT molecular complexity index is 417.